The number of allylic oxidation sites excluding steroid dienone is 2. The summed E-state index contributed by atoms with van der Waals surface area (Å²) in [4.78, 5) is 22.3. The van der Waals surface area contributed by atoms with Crippen molar-refractivity contribution < 1.29 is 14.7 Å². The summed E-state index contributed by atoms with van der Waals surface area (Å²) >= 11 is 4.07. The summed E-state index contributed by atoms with van der Waals surface area (Å²) < 4.78 is 0. The van der Waals surface area contributed by atoms with Crippen molar-refractivity contribution in [1.82, 2.24) is 5.32 Å². The van der Waals surface area contributed by atoms with Gasteiger partial charge in [-0.15, -0.1) is 0 Å². The Hall–Kier alpha value is -1.27. The lowest BCUT2D eigenvalue weighted by Gasteiger charge is -2.15. The van der Waals surface area contributed by atoms with Gasteiger partial charge in [-0.05, 0) is 12.3 Å². The van der Waals surface area contributed by atoms with E-state index in [0.717, 1.165) is 0 Å². The van der Waals surface area contributed by atoms with Gasteiger partial charge in [0.25, 0.3) is 0 Å². The quantitative estimate of drug-likeness (QED) is 0.380. The Morgan fingerprint density at radius 3 is 2.40 bits per heavy atom. The van der Waals surface area contributed by atoms with Crippen molar-refractivity contribution in [2.24, 2.45) is 17.6 Å². The average molecular weight is 300 g/mol. The smallest absolute Gasteiger partial charge is 0.322 e. The van der Waals surface area contributed by atoms with E-state index >= 15 is 0 Å². The first-order chi connectivity index (χ1) is 9.38. The molecule has 0 aliphatic heterocycles. The maximum Gasteiger partial charge on any atom is 0.322 e. The fourth-order valence-electron chi connectivity index (χ4n) is 1.51. The Kier molecular flexibility index (Phi) is 9.84. The van der Waals surface area contributed by atoms with E-state index in [2.05, 4.69) is 17.9 Å². The van der Waals surface area contributed by atoms with Crippen molar-refractivity contribution in [2.45, 2.75) is 26.3 Å². The van der Waals surface area contributed by atoms with Crippen molar-refractivity contribution in [3.8, 4) is 0 Å². The first kappa shape index (κ1) is 18.7. The number of amides is 1. The third-order valence-electron chi connectivity index (χ3n) is 2.64. The van der Waals surface area contributed by atoms with E-state index in [-0.39, 0.29) is 30.3 Å². The van der Waals surface area contributed by atoms with Crippen LogP contribution in [0.4, 0.5) is 0 Å². The first-order valence-corrected chi connectivity index (χ1v) is 7.21. The predicted molar refractivity (Wildman–Crippen MR) is 83.7 cm³/mol. The number of carboxylic acids is 1. The standard InChI is InChI=1S/C14H24N2O3S/c1-10(2)12(14(19)16-8-13(17)18)7-5-3-4-6-11(15)9-20/h4-7,10-12,20H,3,8-9,15H2,1-2H3,(H,16,19)(H,17,18)/b6-4+,7-5+. The summed E-state index contributed by atoms with van der Waals surface area (Å²) in [6.07, 6.45) is 8.15. The molecular weight excluding hydrogens is 276 g/mol. The molecule has 0 rings (SSSR count). The number of rotatable bonds is 9. The number of hydrogen-bond donors (Lipinski definition) is 4. The maximum absolute atomic E-state index is 11.8. The largest absolute Gasteiger partial charge is 0.480 e. The van der Waals surface area contributed by atoms with Gasteiger partial charge in [-0.25, -0.2) is 0 Å². The zero-order valence-corrected chi connectivity index (χ0v) is 12.8. The van der Waals surface area contributed by atoms with Gasteiger partial charge >= 0.3 is 5.97 Å². The molecule has 0 spiro atoms. The van der Waals surface area contributed by atoms with Crippen LogP contribution in [0, 0.1) is 11.8 Å². The highest BCUT2D eigenvalue weighted by atomic mass is 32.1. The van der Waals surface area contributed by atoms with Gasteiger partial charge in [0.2, 0.25) is 5.91 Å². The molecule has 0 aromatic rings. The fourth-order valence-corrected chi connectivity index (χ4v) is 1.63. The highest BCUT2D eigenvalue weighted by Crippen LogP contribution is 2.13. The van der Waals surface area contributed by atoms with Crippen LogP contribution in [0.1, 0.15) is 20.3 Å². The third-order valence-corrected chi connectivity index (χ3v) is 3.07. The van der Waals surface area contributed by atoms with Gasteiger partial charge in [-0.1, -0.05) is 38.2 Å². The molecule has 0 saturated carbocycles. The Balaban J connectivity index is 4.36. The van der Waals surface area contributed by atoms with Crippen molar-refractivity contribution >= 4 is 24.5 Å². The maximum atomic E-state index is 11.8. The summed E-state index contributed by atoms with van der Waals surface area (Å²) in [5.74, 6) is -0.958. The molecule has 2 unspecified atom stereocenters. The first-order valence-electron chi connectivity index (χ1n) is 6.57. The number of nitrogens with two attached hydrogens (primary N) is 1. The second kappa shape index (κ2) is 10.5. The van der Waals surface area contributed by atoms with Gasteiger partial charge in [-0.2, -0.15) is 12.6 Å². The topological polar surface area (TPSA) is 92.4 Å². The number of thiol groups is 1. The fraction of sp³-hybridized carbons (Fsp3) is 0.571. The van der Waals surface area contributed by atoms with E-state index in [0.29, 0.717) is 12.2 Å². The molecule has 4 N–H and O–H groups in total. The minimum atomic E-state index is -1.05. The van der Waals surface area contributed by atoms with Gasteiger partial charge in [0.15, 0.2) is 0 Å². The molecular formula is C14H24N2O3S. The zero-order chi connectivity index (χ0) is 15.5. The van der Waals surface area contributed by atoms with Gasteiger partial charge in [0.05, 0.1) is 5.92 Å². The average Bonchev–Trinajstić information content (AvgIpc) is 2.39. The Morgan fingerprint density at radius 1 is 1.30 bits per heavy atom. The normalized spacial score (nSPS) is 14.8. The van der Waals surface area contributed by atoms with E-state index in [1.807, 2.05) is 32.1 Å². The number of carbonyl (C=O) groups is 2. The molecule has 0 fully saturated rings. The van der Waals surface area contributed by atoms with Crippen LogP contribution in [-0.2, 0) is 9.59 Å². The van der Waals surface area contributed by atoms with E-state index in [4.69, 9.17) is 10.8 Å². The second-order valence-electron chi connectivity index (χ2n) is 4.82. The minimum Gasteiger partial charge on any atom is -0.480 e. The van der Waals surface area contributed by atoms with Crippen molar-refractivity contribution in [3.05, 3.63) is 24.3 Å². The van der Waals surface area contributed by atoms with Crippen LogP contribution in [0.25, 0.3) is 0 Å². The molecule has 0 bridgehead atoms. The van der Waals surface area contributed by atoms with E-state index in [1.165, 1.54) is 0 Å². The van der Waals surface area contributed by atoms with Gasteiger partial charge in [-0.3, -0.25) is 9.59 Å². The van der Waals surface area contributed by atoms with E-state index < -0.39 is 5.97 Å². The zero-order valence-electron chi connectivity index (χ0n) is 12.0. The van der Waals surface area contributed by atoms with Crippen LogP contribution in [-0.4, -0.2) is 35.3 Å². The lowest BCUT2D eigenvalue weighted by Crippen LogP contribution is -2.35. The molecule has 0 aromatic carbocycles. The van der Waals surface area contributed by atoms with Gasteiger partial charge < -0.3 is 16.2 Å². The summed E-state index contributed by atoms with van der Waals surface area (Å²) in [7, 11) is 0. The number of carbonyl (C=O) groups excluding carboxylic acids is 1. The van der Waals surface area contributed by atoms with Crippen molar-refractivity contribution in [1.29, 1.82) is 0 Å². The Labute approximate surface area is 125 Å². The summed E-state index contributed by atoms with van der Waals surface area (Å²) in [6, 6.07) is -0.0634. The lowest BCUT2D eigenvalue weighted by molar-refractivity contribution is -0.138. The van der Waals surface area contributed by atoms with Crippen LogP contribution in [0.15, 0.2) is 24.3 Å². The molecule has 0 radical (unpaired) electrons. The number of hydrogen-bond acceptors (Lipinski definition) is 4. The van der Waals surface area contributed by atoms with Crippen molar-refractivity contribution in [3.63, 3.8) is 0 Å². The van der Waals surface area contributed by atoms with Gasteiger partial charge in [0.1, 0.15) is 6.54 Å². The SMILES string of the molecule is CC(C)C(/C=C/C/C=C/C(N)CS)C(=O)NCC(=O)O. The molecule has 0 aromatic heterocycles. The van der Waals surface area contributed by atoms with Crippen LogP contribution in [0.3, 0.4) is 0 Å². The molecule has 5 nitrogen and oxygen atoms in total. The molecule has 6 heteroatoms. The number of aliphatic carboxylic acids is 1. The lowest BCUT2D eigenvalue weighted by atomic mass is 9.94. The van der Waals surface area contributed by atoms with Gasteiger partial charge in [0, 0.05) is 11.8 Å². The molecule has 114 valence electrons. The third kappa shape index (κ3) is 8.77. The predicted octanol–water partition coefficient (Wildman–Crippen LogP) is 1.22. The minimum absolute atomic E-state index is 0.0634. The van der Waals surface area contributed by atoms with Crippen LogP contribution in [0.2, 0.25) is 0 Å². The molecule has 0 saturated heterocycles. The number of carboxylic acid groups (broad SMARTS) is 1. The van der Waals surface area contributed by atoms with E-state index in [1.54, 1.807) is 6.08 Å². The molecule has 0 aliphatic carbocycles. The van der Waals surface area contributed by atoms with Crippen LogP contribution >= 0.6 is 12.6 Å². The van der Waals surface area contributed by atoms with Crippen molar-refractivity contribution in [2.75, 3.05) is 12.3 Å². The summed E-state index contributed by atoms with van der Waals surface area (Å²) in [5.41, 5.74) is 5.67. The van der Waals surface area contributed by atoms with Crippen LogP contribution in [0.5, 0.6) is 0 Å². The molecule has 20 heavy (non-hydrogen) atoms. The molecule has 0 heterocycles. The highest BCUT2D eigenvalue weighted by molar-refractivity contribution is 7.80. The Morgan fingerprint density at radius 2 is 1.90 bits per heavy atom. The molecule has 1 amide bonds. The van der Waals surface area contributed by atoms with E-state index in [9.17, 15) is 9.59 Å². The molecule has 2 atom stereocenters. The number of nitrogens with one attached hydrogen (secondary N) is 1. The second-order valence-corrected chi connectivity index (χ2v) is 5.18. The summed E-state index contributed by atoms with van der Waals surface area (Å²) in [5, 5.41) is 10.9. The monoisotopic (exact) mass is 300 g/mol. The Bertz CT molecular complexity index is 367. The molecule has 0 aliphatic rings. The van der Waals surface area contributed by atoms with Crippen LogP contribution < -0.4 is 11.1 Å². The summed E-state index contributed by atoms with van der Waals surface area (Å²) in [6.45, 7) is 3.48. The highest BCUT2D eigenvalue weighted by Gasteiger charge is 2.19.